The second kappa shape index (κ2) is 9.76. The lowest BCUT2D eigenvalue weighted by Gasteiger charge is -2.47. The average Bonchev–Trinajstić information content (AvgIpc) is 3.62. The van der Waals surface area contributed by atoms with E-state index in [2.05, 4.69) is 52.7 Å². The minimum atomic E-state index is -0.0287. The van der Waals surface area contributed by atoms with Crippen LogP contribution in [0.5, 0.6) is 5.75 Å². The van der Waals surface area contributed by atoms with Gasteiger partial charge in [-0.15, -0.1) is 0 Å². The van der Waals surface area contributed by atoms with Gasteiger partial charge >= 0.3 is 0 Å². The number of carbonyl (C=O) groups is 1. The molecule has 2 aromatic rings. The highest BCUT2D eigenvalue weighted by Crippen LogP contribution is 2.49. The molecule has 2 N–H and O–H groups in total. The number of likely N-dealkylation sites (tertiary alicyclic amines) is 1. The number of amides is 1. The molecule has 37 heavy (non-hydrogen) atoms. The summed E-state index contributed by atoms with van der Waals surface area (Å²) in [7, 11) is 0. The molecule has 4 heteroatoms. The van der Waals surface area contributed by atoms with Crippen LogP contribution in [0.4, 0.5) is 0 Å². The minimum absolute atomic E-state index is 0.0287. The lowest BCUT2D eigenvalue weighted by Crippen LogP contribution is -2.82. The van der Waals surface area contributed by atoms with E-state index in [1.165, 1.54) is 66.5 Å². The second-order valence-electron chi connectivity index (χ2n) is 12.6. The van der Waals surface area contributed by atoms with Crippen LogP contribution in [0.25, 0.3) is 0 Å². The minimum Gasteiger partial charge on any atom is -0.493 e. The number of quaternary nitrogens is 1. The van der Waals surface area contributed by atoms with E-state index in [0.29, 0.717) is 23.8 Å². The molecule has 1 amide bonds. The number of benzene rings is 2. The number of carbonyl (C=O) groups excluding carboxylic acids is 1. The van der Waals surface area contributed by atoms with Gasteiger partial charge in [-0.3, -0.25) is 4.79 Å². The van der Waals surface area contributed by atoms with Crippen molar-refractivity contribution in [1.29, 1.82) is 0 Å². The lowest BCUT2D eigenvalue weighted by atomic mass is 9.63. The monoisotopic (exact) mass is 499 g/mol. The van der Waals surface area contributed by atoms with Gasteiger partial charge in [-0.2, -0.15) is 0 Å². The van der Waals surface area contributed by atoms with Crippen molar-refractivity contribution in [2.75, 3.05) is 26.2 Å². The van der Waals surface area contributed by atoms with Crippen LogP contribution in [-0.4, -0.2) is 43.1 Å². The van der Waals surface area contributed by atoms with Crippen molar-refractivity contribution in [2.45, 2.75) is 88.0 Å². The van der Waals surface area contributed by atoms with Crippen LogP contribution in [0.2, 0.25) is 0 Å². The lowest BCUT2D eigenvalue weighted by molar-refractivity contribution is -0.640. The van der Waals surface area contributed by atoms with Crippen molar-refractivity contribution in [3.8, 4) is 5.75 Å². The Balaban J connectivity index is 1.20. The van der Waals surface area contributed by atoms with Gasteiger partial charge in [-0.05, 0) is 79.0 Å². The predicted molar refractivity (Wildman–Crippen MR) is 146 cm³/mol. The number of piperidine rings is 1. The summed E-state index contributed by atoms with van der Waals surface area (Å²) in [5, 5.41) is 2.44. The molecule has 0 bridgehead atoms. The molecule has 3 fully saturated rings. The fraction of sp³-hybridized carbons (Fsp3) is 0.606. The van der Waals surface area contributed by atoms with E-state index in [-0.39, 0.29) is 11.3 Å². The Morgan fingerprint density at radius 2 is 1.84 bits per heavy atom. The van der Waals surface area contributed by atoms with Crippen LogP contribution < -0.4 is 10.1 Å². The second-order valence-corrected chi connectivity index (χ2v) is 12.6. The third kappa shape index (κ3) is 4.02. The van der Waals surface area contributed by atoms with E-state index in [4.69, 9.17) is 4.74 Å². The molecule has 4 atom stereocenters. The van der Waals surface area contributed by atoms with E-state index in [1.54, 1.807) is 0 Å². The van der Waals surface area contributed by atoms with Gasteiger partial charge in [0, 0.05) is 19.0 Å². The molecular weight excluding hydrogens is 456 g/mol. The molecule has 1 saturated carbocycles. The van der Waals surface area contributed by atoms with Crippen LogP contribution in [0.15, 0.2) is 42.5 Å². The maximum absolute atomic E-state index is 14.7. The SMILES string of the molecule is O=C([C@@H]1C[NH2+]C[C@]12CCCc1c2ccc2c1OCC2)N1CC[C@@H](c2ccccc2)C[C@H]1C1CCCCC1. The Bertz CT molecular complexity index is 1140. The summed E-state index contributed by atoms with van der Waals surface area (Å²) in [6.45, 7) is 3.72. The van der Waals surface area contributed by atoms with Crippen molar-refractivity contribution in [3.05, 3.63) is 64.7 Å². The molecule has 3 aliphatic heterocycles. The number of fused-ring (bicyclic) bond motifs is 4. The molecule has 2 aromatic carbocycles. The predicted octanol–water partition coefficient (Wildman–Crippen LogP) is 4.74. The van der Waals surface area contributed by atoms with Crippen molar-refractivity contribution in [3.63, 3.8) is 0 Å². The standard InChI is InChI=1S/C33H42N2O2/c36-32(29-21-34-22-33(29)17-7-12-27-28(33)14-13-25-16-19-37-31(25)27)35-18-15-26(23-8-3-1-4-9-23)20-30(35)24-10-5-2-6-11-24/h1,3-4,8-9,13-14,24,26,29-30,34H,2,5-7,10-12,15-22H2/p+1/t26-,29+,30+,33+/m1/s1. The average molecular weight is 500 g/mol. The molecule has 2 aliphatic carbocycles. The Labute approximate surface area is 222 Å². The van der Waals surface area contributed by atoms with Gasteiger partial charge in [0.05, 0.1) is 25.1 Å². The zero-order chi connectivity index (χ0) is 24.8. The molecule has 0 radical (unpaired) electrons. The van der Waals surface area contributed by atoms with Gasteiger partial charge in [0.25, 0.3) is 0 Å². The topological polar surface area (TPSA) is 46.1 Å². The van der Waals surface area contributed by atoms with Gasteiger partial charge < -0.3 is 15.0 Å². The highest BCUT2D eigenvalue weighted by atomic mass is 16.5. The molecule has 0 aromatic heterocycles. The molecule has 0 unspecified atom stereocenters. The van der Waals surface area contributed by atoms with Crippen LogP contribution in [0, 0.1) is 11.8 Å². The number of rotatable bonds is 3. The van der Waals surface area contributed by atoms with Crippen LogP contribution in [0.3, 0.4) is 0 Å². The third-order valence-corrected chi connectivity index (χ3v) is 10.8. The largest absolute Gasteiger partial charge is 0.493 e. The summed E-state index contributed by atoms with van der Waals surface area (Å²) in [6.07, 6.45) is 13.3. The van der Waals surface area contributed by atoms with Crippen LogP contribution >= 0.6 is 0 Å². The number of nitrogens with zero attached hydrogens (tertiary/aromatic N) is 1. The van der Waals surface area contributed by atoms with Crippen molar-refractivity contribution in [1.82, 2.24) is 4.90 Å². The highest BCUT2D eigenvalue weighted by Gasteiger charge is 2.55. The van der Waals surface area contributed by atoms with E-state index in [1.807, 2.05) is 0 Å². The number of hydrogen-bond acceptors (Lipinski definition) is 2. The first kappa shape index (κ1) is 23.8. The van der Waals surface area contributed by atoms with E-state index in [0.717, 1.165) is 58.3 Å². The highest BCUT2D eigenvalue weighted by molar-refractivity contribution is 5.82. The molecule has 196 valence electrons. The van der Waals surface area contributed by atoms with Crippen molar-refractivity contribution in [2.24, 2.45) is 11.8 Å². The molecular formula is C33H43N2O2+. The summed E-state index contributed by atoms with van der Waals surface area (Å²) >= 11 is 0. The number of ether oxygens (including phenoxy) is 1. The maximum Gasteiger partial charge on any atom is 0.232 e. The molecule has 7 rings (SSSR count). The first-order valence-electron chi connectivity index (χ1n) is 15.2. The van der Waals surface area contributed by atoms with E-state index >= 15 is 0 Å². The smallest absolute Gasteiger partial charge is 0.232 e. The van der Waals surface area contributed by atoms with Gasteiger partial charge in [-0.25, -0.2) is 0 Å². The fourth-order valence-corrected chi connectivity index (χ4v) is 9.00. The Hall–Kier alpha value is -2.33. The molecule has 2 saturated heterocycles. The summed E-state index contributed by atoms with van der Waals surface area (Å²) in [5.41, 5.74) is 5.69. The zero-order valence-electron chi connectivity index (χ0n) is 22.3. The summed E-state index contributed by atoms with van der Waals surface area (Å²) in [4.78, 5) is 17.1. The summed E-state index contributed by atoms with van der Waals surface area (Å²) in [6, 6.07) is 16.2. The maximum atomic E-state index is 14.7. The molecule has 5 aliphatic rings. The van der Waals surface area contributed by atoms with Gasteiger partial charge in [-0.1, -0.05) is 61.7 Å². The summed E-state index contributed by atoms with van der Waals surface area (Å²) in [5.74, 6) is 2.96. The quantitative estimate of drug-likeness (QED) is 0.663. The Morgan fingerprint density at radius 1 is 0.973 bits per heavy atom. The van der Waals surface area contributed by atoms with Gasteiger partial charge in [0.15, 0.2) is 0 Å². The Kier molecular flexibility index (Phi) is 6.27. The van der Waals surface area contributed by atoms with Crippen molar-refractivity contribution < 1.29 is 14.8 Å². The first-order valence-corrected chi connectivity index (χ1v) is 15.2. The normalized spacial score (nSPS) is 31.7. The third-order valence-electron chi connectivity index (χ3n) is 10.8. The first-order chi connectivity index (χ1) is 18.2. The number of hydrogen-bond donors (Lipinski definition) is 1. The summed E-state index contributed by atoms with van der Waals surface area (Å²) < 4.78 is 6.16. The van der Waals surface area contributed by atoms with Crippen LogP contribution in [-0.2, 0) is 23.1 Å². The van der Waals surface area contributed by atoms with Crippen molar-refractivity contribution >= 4 is 5.91 Å². The zero-order valence-corrected chi connectivity index (χ0v) is 22.3. The fourth-order valence-electron chi connectivity index (χ4n) is 9.00. The molecule has 4 nitrogen and oxygen atoms in total. The van der Waals surface area contributed by atoms with Gasteiger partial charge in [0.1, 0.15) is 11.7 Å². The molecule has 3 heterocycles. The van der Waals surface area contributed by atoms with E-state index < -0.39 is 0 Å². The molecule has 1 spiro atoms. The number of nitrogens with two attached hydrogens (primary N) is 1. The van der Waals surface area contributed by atoms with E-state index in [9.17, 15) is 4.79 Å². The van der Waals surface area contributed by atoms with Gasteiger partial charge in [0.2, 0.25) is 5.91 Å². The van der Waals surface area contributed by atoms with Crippen LogP contribution in [0.1, 0.15) is 86.0 Å². The Morgan fingerprint density at radius 3 is 2.70 bits per heavy atom.